The molecular formula is C16H21N5O2. The molecule has 1 unspecified atom stereocenters. The average Bonchev–Trinajstić information content (AvgIpc) is 3.26. The first kappa shape index (κ1) is 15.6. The van der Waals surface area contributed by atoms with Gasteiger partial charge in [0.1, 0.15) is 17.5 Å². The molecule has 2 heterocycles. The molecular weight excluding hydrogens is 294 g/mol. The second kappa shape index (κ2) is 6.06. The second-order valence-corrected chi connectivity index (χ2v) is 5.74. The smallest absolute Gasteiger partial charge is 0.309 e. The molecule has 0 aromatic carbocycles. The van der Waals surface area contributed by atoms with Crippen LogP contribution in [0.15, 0.2) is 6.07 Å². The lowest BCUT2D eigenvalue weighted by Gasteiger charge is -2.08. The van der Waals surface area contributed by atoms with Gasteiger partial charge in [-0.15, -0.1) is 5.10 Å². The Labute approximate surface area is 135 Å². The number of aryl methyl sites for hydroxylation is 3. The monoisotopic (exact) mass is 315 g/mol. The summed E-state index contributed by atoms with van der Waals surface area (Å²) in [5, 5.41) is 4.38. The summed E-state index contributed by atoms with van der Waals surface area (Å²) < 4.78 is 6.83. The Morgan fingerprint density at radius 3 is 2.70 bits per heavy atom. The van der Waals surface area contributed by atoms with Crippen LogP contribution in [0.25, 0.3) is 5.82 Å². The number of aromatic nitrogens is 5. The van der Waals surface area contributed by atoms with E-state index < -0.39 is 0 Å². The van der Waals surface area contributed by atoms with Gasteiger partial charge in [0, 0.05) is 18.4 Å². The van der Waals surface area contributed by atoms with E-state index >= 15 is 0 Å². The highest BCUT2D eigenvalue weighted by atomic mass is 16.5. The van der Waals surface area contributed by atoms with Crippen molar-refractivity contribution in [1.82, 2.24) is 24.7 Å². The molecule has 0 amide bonds. The molecule has 2 atom stereocenters. The Balaban J connectivity index is 1.92. The third-order valence-electron chi connectivity index (χ3n) is 3.95. The fourth-order valence-electron chi connectivity index (χ4n) is 2.73. The van der Waals surface area contributed by atoms with Gasteiger partial charge in [-0.1, -0.05) is 6.92 Å². The quantitative estimate of drug-likeness (QED) is 0.784. The number of rotatable bonds is 5. The van der Waals surface area contributed by atoms with Crippen molar-refractivity contribution in [2.45, 2.75) is 46.5 Å². The van der Waals surface area contributed by atoms with Crippen LogP contribution in [-0.4, -0.2) is 37.3 Å². The summed E-state index contributed by atoms with van der Waals surface area (Å²) in [6, 6.07) is 1.91. The molecule has 2 aromatic heterocycles. The molecule has 3 rings (SSSR count). The van der Waals surface area contributed by atoms with Crippen LogP contribution in [0.5, 0.6) is 0 Å². The third kappa shape index (κ3) is 3.09. The minimum atomic E-state index is -0.136. The maximum absolute atomic E-state index is 11.9. The molecule has 1 fully saturated rings. The molecule has 0 spiro atoms. The standard InChI is InChI=1S/C16H21N5O2/c1-5-14-18-13(11-7-12(11)16(22)23-6-2)8-15(19-14)21-10(4)17-9(3)20-21/h8,11-12H,5-7H2,1-4H3/t11?,12-/m0/s1. The first-order chi connectivity index (χ1) is 11.0. The molecule has 7 nitrogen and oxygen atoms in total. The van der Waals surface area contributed by atoms with Crippen molar-refractivity contribution in [3.05, 3.63) is 29.2 Å². The van der Waals surface area contributed by atoms with Crippen molar-refractivity contribution in [3.8, 4) is 5.82 Å². The summed E-state index contributed by atoms with van der Waals surface area (Å²) in [4.78, 5) is 25.3. The summed E-state index contributed by atoms with van der Waals surface area (Å²) in [5.41, 5.74) is 0.887. The number of carbonyl (C=O) groups is 1. The van der Waals surface area contributed by atoms with E-state index in [9.17, 15) is 4.79 Å². The van der Waals surface area contributed by atoms with Gasteiger partial charge in [-0.05, 0) is 27.2 Å². The molecule has 1 saturated carbocycles. The van der Waals surface area contributed by atoms with Crippen LogP contribution in [0, 0.1) is 19.8 Å². The number of carbonyl (C=O) groups excluding carboxylic acids is 1. The fourth-order valence-corrected chi connectivity index (χ4v) is 2.73. The van der Waals surface area contributed by atoms with Gasteiger partial charge in [-0.25, -0.2) is 15.0 Å². The van der Waals surface area contributed by atoms with Crippen LogP contribution in [-0.2, 0) is 16.0 Å². The number of esters is 1. The first-order valence-electron chi connectivity index (χ1n) is 7.98. The van der Waals surface area contributed by atoms with Crippen molar-refractivity contribution in [2.24, 2.45) is 5.92 Å². The summed E-state index contributed by atoms with van der Waals surface area (Å²) in [6.07, 6.45) is 1.51. The van der Waals surface area contributed by atoms with Crippen molar-refractivity contribution in [3.63, 3.8) is 0 Å². The number of ether oxygens (including phenoxy) is 1. The zero-order chi connectivity index (χ0) is 16.6. The highest BCUT2D eigenvalue weighted by molar-refractivity contribution is 5.77. The van der Waals surface area contributed by atoms with Gasteiger partial charge in [0.15, 0.2) is 5.82 Å². The van der Waals surface area contributed by atoms with Gasteiger partial charge in [0.2, 0.25) is 0 Å². The lowest BCUT2D eigenvalue weighted by Crippen LogP contribution is -2.10. The van der Waals surface area contributed by atoms with E-state index in [1.807, 2.05) is 33.8 Å². The average molecular weight is 315 g/mol. The molecule has 23 heavy (non-hydrogen) atoms. The van der Waals surface area contributed by atoms with E-state index in [-0.39, 0.29) is 17.8 Å². The summed E-state index contributed by atoms with van der Waals surface area (Å²) in [5.74, 6) is 2.85. The molecule has 2 aromatic rings. The maximum Gasteiger partial charge on any atom is 0.309 e. The molecule has 0 bridgehead atoms. The Morgan fingerprint density at radius 1 is 1.30 bits per heavy atom. The first-order valence-corrected chi connectivity index (χ1v) is 7.98. The van der Waals surface area contributed by atoms with Crippen LogP contribution in [0.2, 0.25) is 0 Å². The highest BCUT2D eigenvalue weighted by Crippen LogP contribution is 2.47. The molecule has 7 heteroatoms. The van der Waals surface area contributed by atoms with E-state index in [1.165, 1.54) is 0 Å². The van der Waals surface area contributed by atoms with Crippen LogP contribution in [0.1, 0.15) is 49.4 Å². The molecule has 1 aliphatic rings. The second-order valence-electron chi connectivity index (χ2n) is 5.74. The van der Waals surface area contributed by atoms with Crippen molar-refractivity contribution < 1.29 is 9.53 Å². The summed E-state index contributed by atoms with van der Waals surface area (Å²) in [7, 11) is 0. The SMILES string of the molecule is CCOC(=O)[C@H]1CC1c1cc(-n2nc(C)nc2C)nc(CC)n1. The van der Waals surface area contributed by atoms with Crippen LogP contribution >= 0.6 is 0 Å². The Kier molecular flexibility index (Phi) is 4.11. The minimum Gasteiger partial charge on any atom is -0.466 e. The van der Waals surface area contributed by atoms with E-state index in [2.05, 4.69) is 20.1 Å². The Morgan fingerprint density at radius 2 is 2.09 bits per heavy atom. The molecule has 122 valence electrons. The third-order valence-corrected chi connectivity index (χ3v) is 3.95. The van der Waals surface area contributed by atoms with Crippen molar-refractivity contribution >= 4 is 5.97 Å². The normalized spacial score (nSPS) is 19.7. The lowest BCUT2D eigenvalue weighted by molar-refractivity contribution is -0.144. The molecule has 0 radical (unpaired) electrons. The maximum atomic E-state index is 11.9. The number of hydrogen-bond acceptors (Lipinski definition) is 6. The highest BCUT2D eigenvalue weighted by Gasteiger charge is 2.46. The summed E-state index contributed by atoms with van der Waals surface area (Å²) >= 11 is 0. The van der Waals surface area contributed by atoms with Crippen LogP contribution in [0.3, 0.4) is 0 Å². The van der Waals surface area contributed by atoms with E-state index in [4.69, 9.17) is 4.74 Å². The topological polar surface area (TPSA) is 82.8 Å². The predicted molar refractivity (Wildman–Crippen MR) is 83.3 cm³/mol. The van der Waals surface area contributed by atoms with Gasteiger partial charge >= 0.3 is 5.97 Å². The molecule has 0 saturated heterocycles. The van der Waals surface area contributed by atoms with Crippen LogP contribution in [0.4, 0.5) is 0 Å². The van der Waals surface area contributed by atoms with Gasteiger partial charge in [-0.2, -0.15) is 4.68 Å². The Hall–Kier alpha value is -2.31. The van der Waals surface area contributed by atoms with Crippen molar-refractivity contribution in [1.29, 1.82) is 0 Å². The van der Waals surface area contributed by atoms with Gasteiger partial charge in [0.05, 0.1) is 18.2 Å². The minimum absolute atomic E-state index is 0.0824. The summed E-state index contributed by atoms with van der Waals surface area (Å²) in [6.45, 7) is 7.99. The largest absolute Gasteiger partial charge is 0.466 e. The number of nitrogens with zero attached hydrogens (tertiary/aromatic N) is 5. The zero-order valence-corrected chi connectivity index (χ0v) is 13.9. The predicted octanol–water partition coefficient (Wildman–Crippen LogP) is 1.90. The molecule has 1 aliphatic carbocycles. The van der Waals surface area contributed by atoms with E-state index in [0.717, 1.165) is 30.2 Å². The van der Waals surface area contributed by atoms with Crippen molar-refractivity contribution in [2.75, 3.05) is 6.61 Å². The lowest BCUT2D eigenvalue weighted by atomic mass is 10.2. The molecule has 0 aliphatic heterocycles. The van der Waals surface area contributed by atoms with Crippen LogP contribution < -0.4 is 0 Å². The van der Waals surface area contributed by atoms with Gasteiger partial charge < -0.3 is 4.74 Å². The molecule has 0 N–H and O–H groups in total. The van der Waals surface area contributed by atoms with Gasteiger partial charge in [-0.3, -0.25) is 4.79 Å². The zero-order valence-electron chi connectivity index (χ0n) is 13.9. The number of hydrogen-bond donors (Lipinski definition) is 0. The van der Waals surface area contributed by atoms with Gasteiger partial charge in [0.25, 0.3) is 0 Å². The van der Waals surface area contributed by atoms with E-state index in [1.54, 1.807) is 4.68 Å². The Bertz CT molecular complexity index is 740. The fraction of sp³-hybridized carbons (Fsp3) is 0.562. The van der Waals surface area contributed by atoms with E-state index in [0.29, 0.717) is 18.2 Å².